The molecule has 76 valence electrons. The molecular weight excluding hydrogens is 174 g/mol. The zero-order valence-electron chi connectivity index (χ0n) is 8.88. The summed E-state index contributed by atoms with van der Waals surface area (Å²) >= 11 is 0. The van der Waals surface area contributed by atoms with E-state index in [1.54, 1.807) is 6.20 Å². The molecule has 1 aliphatic rings. The molecule has 1 aromatic heterocycles. The van der Waals surface area contributed by atoms with Crippen molar-refractivity contribution in [3.05, 3.63) is 17.6 Å². The summed E-state index contributed by atoms with van der Waals surface area (Å²) in [5.74, 6) is 1.92. The van der Waals surface area contributed by atoms with Gasteiger partial charge in [-0.3, -0.25) is 4.98 Å². The Kier molecular flexibility index (Phi) is 2.66. The maximum Gasteiger partial charge on any atom is 0.147 e. The third-order valence-corrected chi connectivity index (χ3v) is 2.62. The van der Waals surface area contributed by atoms with Crippen molar-refractivity contribution >= 4 is 5.82 Å². The van der Waals surface area contributed by atoms with Crippen LogP contribution in [0.25, 0.3) is 0 Å². The van der Waals surface area contributed by atoms with Crippen molar-refractivity contribution in [2.45, 2.75) is 33.1 Å². The van der Waals surface area contributed by atoms with Crippen LogP contribution >= 0.6 is 0 Å². The van der Waals surface area contributed by atoms with Crippen LogP contribution in [0.2, 0.25) is 0 Å². The van der Waals surface area contributed by atoms with Gasteiger partial charge in [0.25, 0.3) is 0 Å². The smallest absolute Gasteiger partial charge is 0.147 e. The topological polar surface area (TPSA) is 37.8 Å². The lowest BCUT2D eigenvalue weighted by Crippen LogP contribution is -2.07. The fourth-order valence-electron chi connectivity index (χ4n) is 1.51. The van der Waals surface area contributed by atoms with Crippen LogP contribution in [-0.4, -0.2) is 16.5 Å². The molecule has 1 heterocycles. The van der Waals surface area contributed by atoms with E-state index in [2.05, 4.69) is 15.3 Å². The van der Waals surface area contributed by atoms with Gasteiger partial charge in [-0.15, -0.1) is 0 Å². The van der Waals surface area contributed by atoms with E-state index in [0.29, 0.717) is 0 Å². The highest BCUT2D eigenvalue weighted by molar-refractivity contribution is 5.39. The number of rotatable bonds is 4. The van der Waals surface area contributed by atoms with Crippen molar-refractivity contribution in [2.75, 3.05) is 11.9 Å². The van der Waals surface area contributed by atoms with Gasteiger partial charge in [0.05, 0.1) is 11.4 Å². The minimum Gasteiger partial charge on any atom is -0.369 e. The Morgan fingerprint density at radius 1 is 1.43 bits per heavy atom. The number of aryl methyl sites for hydroxylation is 2. The van der Waals surface area contributed by atoms with Gasteiger partial charge in [-0.1, -0.05) is 12.8 Å². The second-order valence-electron chi connectivity index (χ2n) is 4.10. The van der Waals surface area contributed by atoms with Gasteiger partial charge >= 0.3 is 0 Å². The predicted molar refractivity (Wildman–Crippen MR) is 57.3 cm³/mol. The van der Waals surface area contributed by atoms with Gasteiger partial charge in [0.2, 0.25) is 0 Å². The van der Waals surface area contributed by atoms with Crippen LogP contribution < -0.4 is 5.32 Å². The summed E-state index contributed by atoms with van der Waals surface area (Å²) in [4.78, 5) is 8.68. The molecule has 0 aromatic carbocycles. The molecule has 1 saturated carbocycles. The normalized spacial score (nSPS) is 15.6. The molecule has 0 spiro atoms. The van der Waals surface area contributed by atoms with Crippen LogP contribution in [0.1, 0.15) is 30.7 Å². The standard InChI is InChI=1S/C11H17N3/c1-8-7-13-9(2)11(14-8)12-6-5-10-3-4-10/h7,10H,3-6H2,1-2H3,(H,12,14). The summed E-state index contributed by atoms with van der Waals surface area (Å²) in [5, 5.41) is 3.35. The van der Waals surface area contributed by atoms with E-state index >= 15 is 0 Å². The van der Waals surface area contributed by atoms with Crippen molar-refractivity contribution in [1.82, 2.24) is 9.97 Å². The number of hydrogen-bond donors (Lipinski definition) is 1. The van der Waals surface area contributed by atoms with Crippen LogP contribution in [0.15, 0.2) is 6.20 Å². The summed E-state index contributed by atoms with van der Waals surface area (Å²) in [7, 11) is 0. The maximum atomic E-state index is 4.42. The molecule has 2 rings (SSSR count). The van der Waals surface area contributed by atoms with Crippen LogP contribution in [0.4, 0.5) is 5.82 Å². The van der Waals surface area contributed by atoms with E-state index in [4.69, 9.17) is 0 Å². The van der Waals surface area contributed by atoms with E-state index in [9.17, 15) is 0 Å². The molecular formula is C11H17N3. The second kappa shape index (κ2) is 3.95. The van der Waals surface area contributed by atoms with Gasteiger partial charge < -0.3 is 5.32 Å². The highest BCUT2D eigenvalue weighted by Gasteiger charge is 2.20. The molecule has 1 fully saturated rings. The van der Waals surface area contributed by atoms with Gasteiger partial charge in [-0.2, -0.15) is 0 Å². The van der Waals surface area contributed by atoms with Crippen molar-refractivity contribution in [2.24, 2.45) is 5.92 Å². The minimum atomic E-state index is 0.950. The molecule has 0 amide bonds. The van der Waals surface area contributed by atoms with E-state index < -0.39 is 0 Å². The SMILES string of the molecule is Cc1cnc(C)c(NCCC2CC2)n1. The molecule has 0 saturated heterocycles. The second-order valence-corrected chi connectivity index (χ2v) is 4.10. The Bertz CT molecular complexity index is 318. The number of nitrogens with zero attached hydrogens (tertiary/aromatic N) is 2. The first-order chi connectivity index (χ1) is 6.75. The highest BCUT2D eigenvalue weighted by Crippen LogP contribution is 2.32. The third-order valence-electron chi connectivity index (χ3n) is 2.62. The fourth-order valence-corrected chi connectivity index (χ4v) is 1.51. The van der Waals surface area contributed by atoms with E-state index in [1.165, 1.54) is 19.3 Å². The zero-order chi connectivity index (χ0) is 9.97. The average molecular weight is 191 g/mol. The van der Waals surface area contributed by atoms with Crippen LogP contribution in [0.5, 0.6) is 0 Å². The van der Waals surface area contributed by atoms with Crippen molar-refractivity contribution < 1.29 is 0 Å². The van der Waals surface area contributed by atoms with Crippen LogP contribution in [0, 0.1) is 19.8 Å². The lowest BCUT2D eigenvalue weighted by Gasteiger charge is -2.07. The summed E-state index contributed by atoms with van der Waals surface area (Å²) in [6.07, 6.45) is 5.91. The van der Waals surface area contributed by atoms with Crippen molar-refractivity contribution in [3.63, 3.8) is 0 Å². The van der Waals surface area contributed by atoms with Crippen LogP contribution in [-0.2, 0) is 0 Å². The minimum absolute atomic E-state index is 0.950. The lowest BCUT2D eigenvalue weighted by atomic mass is 10.3. The summed E-state index contributed by atoms with van der Waals surface area (Å²) in [5.41, 5.74) is 1.97. The summed E-state index contributed by atoms with van der Waals surface area (Å²) in [6, 6.07) is 0. The fraction of sp³-hybridized carbons (Fsp3) is 0.636. The molecule has 1 aliphatic carbocycles. The quantitative estimate of drug-likeness (QED) is 0.793. The maximum absolute atomic E-state index is 4.42. The molecule has 1 N–H and O–H groups in total. The average Bonchev–Trinajstić information content (AvgIpc) is 2.95. The molecule has 3 heteroatoms. The highest BCUT2D eigenvalue weighted by atomic mass is 15.0. The zero-order valence-corrected chi connectivity index (χ0v) is 8.88. The molecule has 0 radical (unpaired) electrons. The van der Waals surface area contributed by atoms with Crippen molar-refractivity contribution in [1.29, 1.82) is 0 Å². The Morgan fingerprint density at radius 3 is 2.93 bits per heavy atom. The molecule has 1 aromatic rings. The van der Waals surface area contributed by atoms with E-state index in [0.717, 1.165) is 29.7 Å². The number of aromatic nitrogens is 2. The van der Waals surface area contributed by atoms with Gasteiger partial charge in [-0.25, -0.2) is 4.98 Å². The third kappa shape index (κ3) is 2.44. The first kappa shape index (κ1) is 9.44. The lowest BCUT2D eigenvalue weighted by molar-refractivity contribution is 0.756. The number of anilines is 1. The Labute approximate surface area is 85.0 Å². The van der Waals surface area contributed by atoms with E-state index in [1.807, 2.05) is 13.8 Å². The predicted octanol–water partition coefficient (Wildman–Crippen LogP) is 2.31. The number of hydrogen-bond acceptors (Lipinski definition) is 3. The number of nitrogens with one attached hydrogen (secondary N) is 1. The summed E-state index contributed by atoms with van der Waals surface area (Å²) in [6.45, 7) is 4.99. The monoisotopic (exact) mass is 191 g/mol. The first-order valence-electron chi connectivity index (χ1n) is 5.30. The van der Waals surface area contributed by atoms with Gasteiger partial charge in [0.1, 0.15) is 5.82 Å². The molecule has 0 unspecified atom stereocenters. The van der Waals surface area contributed by atoms with Gasteiger partial charge in [0, 0.05) is 12.7 Å². The van der Waals surface area contributed by atoms with Crippen molar-refractivity contribution in [3.8, 4) is 0 Å². The van der Waals surface area contributed by atoms with Gasteiger partial charge in [-0.05, 0) is 26.2 Å². The molecule has 14 heavy (non-hydrogen) atoms. The van der Waals surface area contributed by atoms with Crippen LogP contribution in [0.3, 0.4) is 0 Å². The summed E-state index contributed by atoms with van der Waals surface area (Å²) < 4.78 is 0. The molecule has 0 bridgehead atoms. The molecule has 3 nitrogen and oxygen atoms in total. The molecule has 0 aliphatic heterocycles. The van der Waals surface area contributed by atoms with Gasteiger partial charge in [0.15, 0.2) is 0 Å². The Morgan fingerprint density at radius 2 is 2.21 bits per heavy atom. The largest absolute Gasteiger partial charge is 0.369 e. The Hall–Kier alpha value is -1.12. The first-order valence-corrected chi connectivity index (χ1v) is 5.30. The van der Waals surface area contributed by atoms with E-state index in [-0.39, 0.29) is 0 Å². The molecule has 0 atom stereocenters. The Balaban J connectivity index is 1.89.